The molecule has 0 amide bonds. The number of hydrogen-bond acceptors (Lipinski definition) is 2. The third-order valence-electron chi connectivity index (χ3n) is 9.17. The largest absolute Gasteiger partial charge is 0.354 e. The molecule has 0 saturated heterocycles. The van der Waals surface area contributed by atoms with Crippen LogP contribution < -0.4 is 0 Å². The van der Waals surface area contributed by atoms with Gasteiger partial charge in [-0.05, 0) is 96.8 Å². The van der Waals surface area contributed by atoms with E-state index in [-0.39, 0.29) is 16.4 Å². The zero-order valence-electron chi connectivity index (χ0n) is 28.6. The van der Waals surface area contributed by atoms with Gasteiger partial charge >= 0.3 is 0 Å². The van der Waals surface area contributed by atoms with E-state index in [4.69, 9.17) is 4.98 Å². The highest BCUT2D eigenvalue weighted by atomic mass is 15.1. The number of pyridine rings is 1. The van der Waals surface area contributed by atoms with E-state index in [1.165, 1.54) is 21.9 Å². The minimum absolute atomic E-state index is 0.0379. The Hall–Kier alpha value is -4.70. The standard InChI is InChI=1S/C42H44N4/c1-40(2,3)28-19-20-35-31(23-28)32-24-29(41(4,5)6)25-33(37(32)44-35)39-45-38-30(16-13-18-36(38)46(39)42(7,8)9)26-14-12-15-27(22-26)34-17-10-11-21-43-34/h10-25,44H,1-9H3. The van der Waals surface area contributed by atoms with Crippen LogP contribution in [0.3, 0.4) is 0 Å². The molecule has 0 saturated carbocycles. The first-order valence-corrected chi connectivity index (χ1v) is 16.3. The third-order valence-corrected chi connectivity index (χ3v) is 9.17. The van der Waals surface area contributed by atoms with E-state index >= 15 is 0 Å². The van der Waals surface area contributed by atoms with Crippen molar-refractivity contribution in [3.05, 3.63) is 108 Å². The molecule has 0 bridgehead atoms. The Kier molecular flexibility index (Phi) is 6.79. The van der Waals surface area contributed by atoms with Gasteiger partial charge in [0.2, 0.25) is 0 Å². The molecule has 1 N–H and O–H groups in total. The predicted octanol–water partition coefficient (Wildman–Crippen LogP) is 11.4. The molecule has 7 rings (SSSR count). The molecule has 232 valence electrons. The molecule has 0 aliphatic carbocycles. The van der Waals surface area contributed by atoms with E-state index in [2.05, 4.69) is 156 Å². The summed E-state index contributed by atoms with van der Waals surface area (Å²) in [6.45, 7) is 20.6. The maximum Gasteiger partial charge on any atom is 0.143 e. The van der Waals surface area contributed by atoms with Crippen LogP contribution in [0, 0.1) is 0 Å². The summed E-state index contributed by atoms with van der Waals surface area (Å²) in [6.07, 6.45) is 1.85. The first-order valence-electron chi connectivity index (χ1n) is 16.3. The molecule has 4 heteroatoms. The van der Waals surface area contributed by atoms with E-state index in [0.29, 0.717) is 0 Å². The molecule has 7 aromatic rings. The van der Waals surface area contributed by atoms with Gasteiger partial charge < -0.3 is 9.55 Å². The van der Waals surface area contributed by atoms with Crippen LogP contribution in [0.25, 0.3) is 66.6 Å². The molecule has 4 aromatic carbocycles. The average molecular weight is 605 g/mol. The van der Waals surface area contributed by atoms with Crippen molar-refractivity contribution in [1.29, 1.82) is 0 Å². The smallest absolute Gasteiger partial charge is 0.143 e. The minimum Gasteiger partial charge on any atom is -0.354 e. The highest BCUT2D eigenvalue weighted by molar-refractivity contribution is 6.12. The quantitative estimate of drug-likeness (QED) is 0.218. The lowest BCUT2D eigenvalue weighted by molar-refractivity contribution is 0.413. The van der Waals surface area contributed by atoms with Gasteiger partial charge in [-0.1, -0.05) is 84.0 Å². The van der Waals surface area contributed by atoms with Crippen molar-refractivity contribution in [3.8, 4) is 33.8 Å². The van der Waals surface area contributed by atoms with Crippen molar-refractivity contribution in [3.63, 3.8) is 0 Å². The van der Waals surface area contributed by atoms with Gasteiger partial charge in [0.05, 0.1) is 22.2 Å². The monoisotopic (exact) mass is 604 g/mol. The van der Waals surface area contributed by atoms with Gasteiger partial charge in [-0.25, -0.2) is 4.98 Å². The number of aromatic nitrogens is 4. The molecular formula is C42H44N4. The number of H-pyrrole nitrogens is 1. The average Bonchev–Trinajstić information content (AvgIpc) is 3.59. The van der Waals surface area contributed by atoms with Gasteiger partial charge in [0.1, 0.15) is 5.82 Å². The molecule has 0 fully saturated rings. The molecule has 0 aliphatic heterocycles. The van der Waals surface area contributed by atoms with Gasteiger partial charge in [-0.15, -0.1) is 0 Å². The van der Waals surface area contributed by atoms with Crippen LogP contribution in [-0.4, -0.2) is 19.5 Å². The summed E-state index contributed by atoms with van der Waals surface area (Å²) in [6, 6.07) is 32.9. The van der Waals surface area contributed by atoms with Crippen molar-refractivity contribution in [2.45, 2.75) is 78.7 Å². The van der Waals surface area contributed by atoms with Gasteiger partial charge in [0.15, 0.2) is 0 Å². The summed E-state index contributed by atoms with van der Waals surface area (Å²) < 4.78 is 2.43. The van der Waals surface area contributed by atoms with Crippen molar-refractivity contribution in [2.75, 3.05) is 0 Å². The van der Waals surface area contributed by atoms with Gasteiger partial charge in [-0.3, -0.25) is 4.98 Å². The number of imidazole rings is 1. The first kappa shape index (κ1) is 30.0. The second-order valence-corrected chi connectivity index (χ2v) is 15.7. The molecule has 0 radical (unpaired) electrons. The van der Waals surface area contributed by atoms with E-state index in [0.717, 1.165) is 55.8 Å². The number of fused-ring (bicyclic) bond motifs is 4. The zero-order chi connectivity index (χ0) is 32.6. The topological polar surface area (TPSA) is 46.5 Å². The van der Waals surface area contributed by atoms with E-state index < -0.39 is 0 Å². The number of hydrogen-bond donors (Lipinski definition) is 1. The van der Waals surface area contributed by atoms with Crippen LogP contribution in [-0.2, 0) is 16.4 Å². The predicted molar refractivity (Wildman–Crippen MR) is 196 cm³/mol. The molecule has 0 atom stereocenters. The van der Waals surface area contributed by atoms with Crippen LogP contribution >= 0.6 is 0 Å². The highest BCUT2D eigenvalue weighted by Gasteiger charge is 2.28. The summed E-state index contributed by atoms with van der Waals surface area (Å²) >= 11 is 0. The second kappa shape index (κ2) is 10.4. The molecule has 46 heavy (non-hydrogen) atoms. The van der Waals surface area contributed by atoms with Crippen molar-refractivity contribution in [1.82, 2.24) is 19.5 Å². The lowest BCUT2D eigenvalue weighted by atomic mass is 9.84. The van der Waals surface area contributed by atoms with Crippen molar-refractivity contribution < 1.29 is 0 Å². The van der Waals surface area contributed by atoms with Crippen molar-refractivity contribution in [2.24, 2.45) is 0 Å². The van der Waals surface area contributed by atoms with E-state index in [9.17, 15) is 0 Å². The molecule has 3 aromatic heterocycles. The Morgan fingerprint density at radius 3 is 2.02 bits per heavy atom. The van der Waals surface area contributed by atoms with Gasteiger partial charge in [-0.2, -0.15) is 0 Å². The van der Waals surface area contributed by atoms with Gasteiger partial charge in [0, 0.05) is 44.7 Å². The Labute approximate surface area is 272 Å². The lowest BCUT2D eigenvalue weighted by Gasteiger charge is -2.26. The Balaban J connectivity index is 1.54. The van der Waals surface area contributed by atoms with Crippen LogP contribution in [0.15, 0.2) is 97.2 Å². The summed E-state index contributed by atoms with van der Waals surface area (Å²) in [7, 11) is 0. The second-order valence-electron chi connectivity index (χ2n) is 15.7. The molecular weight excluding hydrogens is 560 g/mol. The number of nitrogens with one attached hydrogen (secondary N) is 1. The zero-order valence-corrected chi connectivity index (χ0v) is 28.6. The van der Waals surface area contributed by atoms with Crippen LogP contribution in [0.2, 0.25) is 0 Å². The summed E-state index contributed by atoms with van der Waals surface area (Å²) in [5.74, 6) is 0.981. The molecule has 0 aliphatic rings. The minimum atomic E-state index is -0.214. The molecule has 3 heterocycles. The number of nitrogens with zero attached hydrogens (tertiary/aromatic N) is 3. The third kappa shape index (κ3) is 5.10. The Morgan fingerprint density at radius 2 is 1.33 bits per heavy atom. The number of rotatable bonds is 3. The number of benzene rings is 4. The normalized spacial score (nSPS) is 12.9. The summed E-state index contributed by atoms with van der Waals surface area (Å²) in [5, 5.41) is 2.51. The van der Waals surface area contributed by atoms with E-state index in [1.54, 1.807) is 0 Å². The fourth-order valence-corrected chi connectivity index (χ4v) is 6.65. The molecule has 0 unspecified atom stereocenters. The van der Waals surface area contributed by atoms with Crippen LogP contribution in [0.4, 0.5) is 0 Å². The SMILES string of the molecule is CC(C)(C)c1ccc2[nH]c3c(-c4nc5c(-c6cccc(-c7ccccn7)c6)cccc5n4C(C)(C)C)cc(C(C)(C)C)cc3c2c1. The molecule has 4 nitrogen and oxygen atoms in total. The fourth-order valence-electron chi connectivity index (χ4n) is 6.65. The van der Waals surface area contributed by atoms with Crippen LogP contribution in [0.5, 0.6) is 0 Å². The Morgan fingerprint density at radius 1 is 0.609 bits per heavy atom. The lowest BCUT2D eigenvalue weighted by Crippen LogP contribution is -2.23. The first-order chi connectivity index (χ1) is 21.7. The summed E-state index contributed by atoms with van der Waals surface area (Å²) in [4.78, 5) is 14.0. The van der Waals surface area contributed by atoms with E-state index in [1.807, 2.05) is 18.3 Å². The highest BCUT2D eigenvalue weighted by Crippen LogP contribution is 2.42. The van der Waals surface area contributed by atoms with Gasteiger partial charge in [0.25, 0.3) is 0 Å². The van der Waals surface area contributed by atoms with Crippen LogP contribution in [0.1, 0.15) is 73.4 Å². The molecule has 0 spiro atoms. The number of para-hydroxylation sites is 1. The Bertz CT molecular complexity index is 2240. The fraction of sp³-hybridized carbons (Fsp3) is 0.286. The maximum absolute atomic E-state index is 5.56. The number of aromatic amines is 1. The van der Waals surface area contributed by atoms with Crippen molar-refractivity contribution >= 4 is 32.8 Å². The maximum atomic E-state index is 5.56. The summed E-state index contributed by atoms with van der Waals surface area (Å²) in [5.41, 5.74) is 12.3.